The second-order valence-corrected chi connectivity index (χ2v) is 4.46. The first-order chi connectivity index (χ1) is 9.60. The second-order valence-electron chi connectivity index (χ2n) is 4.02. The van der Waals surface area contributed by atoms with Gasteiger partial charge in [0.2, 0.25) is 5.91 Å². The number of rotatable bonds is 5. The van der Waals surface area contributed by atoms with E-state index in [-0.39, 0.29) is 17.4 Å². The molecule has 104 valence electrons. The van der Waals surface area contributed by atoms with E-state index in [1.165, 1.54) is 0 Å². The van der Waals surface area contributed by atoms with Crippen LogP contribution in [0.2, 0.25) is 0 Å². The normalized spacial score (nSPS) is 10.1. The molecule has 1 heterocycles. The first-order valence-electron chi connectivity index (χ1n) is 5.85. The molecule has 0 fully saturated rings. The molecule has 20 heavy (non-hydrogen) atoms. The summed E-state index contributed by atoms with van der Waals surface area (Å²) in [6, 6.07) is 7.12. The van der Waals surface area contributed by atoms with Gasteiger partial charge in [-0.15, -0.1) is 0 Å². The Balaban J connectivity index is 2.05. The van der Waals surface area contributed by atoms with Crippen LogP contribution in [0.1, 0.15) is 5.82 Å². The van der Waals surface area contributed by atoms with Gasteiger partial charge in [0.15, 0.2) is 5.82 Å². The van der Waals surface area contributed by atoms with E-state index >= 15 is 0 Å². The number of aromatic nitrogens is 2. The highest BCUT2D eigenvalue weighted by Crippen LogP contribution is 2.16. The van der Waals surface area contributed by atoms with Crippen LogP contribution >= 0.6 is 12.2 Å². The van der Waals surface area contributed by atoms with Crippen molar-refractivity contribution in [1.29, 1.82) is 0 Å². The summed E-state index contributed by atoms with van der Waals surface area (Å²) < 4.78 is 6.69. The Morgan fingerprint density at radius 3 is 3.05 bits per heavy atom. The number of amides is 1. The highest BCUT2D eigenvalue weighted by molar-refractivity contribution is 7.80. The van der Waals surface area contributed by atoms with E-state index in [9.17, 15) is 4.79 Å². The van der Waals surface area contributed by atoms with Gasteiger partial charge in [0.1, 0.15) is 17.3 Å². The van der Waals surface area contributed by atoms with Crippen molar-refractivity contribution in [3.8, 4) is 5.75 Å². The lowest BCUT2D eigenvalue weighted by Crippen LogP contribution is -2.23. The van der Waals surface area contributed by atoms with Crippen molar-refractivity contribution >= 4 is 28.8 Å². The summed E-state index contributed by atoms with van der Waals surface area (Å²) >= 11 is 4.86. The number of nitrogens with two attached hydrogens (primary N) is 1. The minimum atomic E-state index is -0.200. The van der Waals surface area contributed by atoms with Crippen LogP contribution in [0.25, 0.3) is 0 Å². The zero-order chi connectivity index (χ0) is 14.5. The number of nitrogens with zero attached hydrogens (tertiary/aromatic N) is 2. The number of imidazole rings is 1. The average molecular weight is 290 g/mol. The van der Waals surface area contributed by atoms with Crippen LogP contribution in [0.3, 0.4) is 0 Å². The van der Waals surface area contributed by atoms with Gasteiger partial charge in [0.05, 0.1) is 7.11 Å². The van der Waals surface area contributed by atoms with Crippen LogP contribution < -0.4 is 15.8 Å². The summed E-state index contributed by atoms with van der Waals surface area (Å²) in [6.07, 6.45) is 3.20. The van der Waals surface area contributed by atoms with E-state index in [4.69, 9.17) is 22.7 Å². The number of thiocarbonyl (C=S) groups is 1. The second kappa shape index (κ2) is 6.16. The molecular weight excluding hydrogens is 276 g/mol. The van der Waals surface area contributed by atoms with Gasteiger partial charge in [-0.05, 0) is 12.1 Å². The number of nitrogens with one attached hydrogen (secondary N) is 1. The molecule has 0 saturated heterocycles. The van der Waals surface area contributed by atoms with E-state index in [1.54, 1.807) is 48.3 Å². The third-order valence-corrected chi connectivity index (χ3v) is 2.79. The van der Waals surface area contributed by atoms with Gasteiger partial charge in [0, 0.05) is 24.1 Å². The largest absolute Gasteiger partial charge is 0.497 e. The molecule has 0 saturated carbocycles. The predicted molar refractivity (Wildman–Crippen MR) is 79.7 cm³/mol. The third kappa shape index (κ3) is 3.33. The fourth-order valence-electron chi connectivity index (χ4n) is 1.72. The molecule has 0 atom stereocenters. The van der Waals surface area contributed by atoms with Crippen LogP contribution in [-0.4, -0.2) is 27.6 Å². The zero-order valence-electron chi connectivity index (χ0n) is 10.9. The first-order valence-corrected chi connectivity index (χ1v) is 6.26. The molecule has 6 nitrogen and oxygen atoms in total. The quantitative estimate of drug-likeness (QED) is 0.808. The monoisotopic (exact) mass is 290 g/mol. The third-order valence-electron chi connectivity index (χ3n) is 2.60. The minimum absolute atomic E-state index is 0.0872. The summed E-state index contributed by atoms with van der Waals surface area (Å²) in [5, 5.41) is 2.77. The van der Waals surface area contributed by atoms with Crippen LogP contribution in [0, 0.1) is 0 Å². The molecule has 0 aliphatic heterocycles. The standard InChI is InChI=1S/C13H14N4O2S/c1-19-10-4-2-3-9(7-10)16-11(18)8-17-6-5-15-13(17)12(14)20/h2-7H,8H2,1H3,(H2,14,20)(H,16,18). The van der Waals surface area contributed by atoms with Gasteiger partial charge >= 0.3 is 0 Å². The SMILES string of the molecule is COc1cccc(NC(=O)Cn2ccnc2C(N)=S)c1. The smallest absolute Gasteiger partial charge is 0.244 e. The molecule has 2 aromatic rings. The molecule has 0 aliphatic carbocycles. The number of methoxy groups -OCH3 is 1. The molecule has 1 aromatic carbocycles. The van der Waals surface area contributed by atoms with E-state index in [2.05, 4.69) is 10.3 Å². The predicted octanol–water partition coefficient (Wildman–Crippen LogP) is 1.16. The highest BCUT2D eigenvalue weighted by atomic mass is 32.1. The minimum Gasteiger partial charge on any atom is -0.497 e. The number of hydrogen-bond donors (Lipinski definition) is 2. The Labute approximate surface area is 121 Å². The Kier molecular flexibility index (Phi) is 4.31. The van der Waals surface area contributed by atoms with Gasteiger partial charge in [-0.2, -0.15) is 0 Å². The van der Waals surface area contributed by atoms with E-state index < -0.39 is 0 Å². The topological polar surface area (TPSA) is 82.2 Å². The number of ether oxygens (including phenoxy) is 1. The number of anilines is 1. The van der Waals surface area contributed by atoms with Crippen molar-refractivity contribution in [1.82, 2.24) is 9.55 Å². The van der Waals surface area contributed by atoms with Crippen molar-refractivity contribution in [3.63, 3.8) is 0 Å². The van der Waals surface area contributed by atoms with E-state index in [0.29, 0.717) is 17.3 Å². The van der Waals surface area contributed by atoms with Gasteiger partial charge in [-0.3, -0.25) is 4.79 Å². The lowest BCUT2D eigenvalue weighted by atomic mass is 10.3. The van der Waals surface area contributed by atoms with Crippen molar-refractivity contribution in [2.24, 2.45) is 5.73 Å². The Hall–Kier alpha value is -2.41. The number of benzene rings is 1. The van der Waals surface area contributed by atoms with Crippen molar-refractivity contribution in [2.45, 2.75) is 6.54 Å². The average Bonchev–Trinajstić information content (AvgIpc) is 2.87. The zero-order valence-corrected chi connectivity index (χ0v) is 11.7. The number of hydrogen-bond acceptors (Lipinski definition) is 4. The van der Waals surface area contributed by atoms with Crippen LogP contribution in [0.4, 0.5) is 5.69 Å². The summed E-state index contributed by atoms with van der Waals surface area (Å²) in [6.45, 7) is 0.0872. The molecule has 0 unspecified atom stereocenters. The maximum Gasteiger partial charge on any atom is 0.244 e. The fraction of sp³-hybridized carbons (Fsp3) is 0.154. The lowest BCUT2D eigenvalue weighted by molar-refractivity contribution is -0.116. The molecule has 0 radical (unpaired) electrons. The summed E-state index contributed by atoms with van der Waals surface area (Å²) in [5.41, 5.74) is 6.18. The van der Waals surface area contributed by atoms with Crippen molar-refractivity contribution in [3.05, 3.63) is 42.5 Å². The maximum atomic E-state index is 12.0. The molecule has 2 rings (SSSR count). The number of carbonyl (C=O) groups is 1. The van der Waals surface area contributed by atoms with Gasteiger partial charge in [0.25, 0.3) is 0 Å². The molecule has 1 amide bonds. The molecular formula is C13H14N4O2S. The van der Waals surface area contributed by atoms with E-state index in [0.717, 1.165) is 0 Å². The molecule has 0 aliphatic rings. The van der Waals surface area contributed by atoms with Crippen molar-refractivity contribution < 1.29 is 9.53 Å². The molecule has 7 heteroatoms. The number of carbonyl (C=O) groups excluding carboxylic acids is 1. The lowest BCUT2D eigenvalue weighted by Gasteiger charge is -2.09. The summed E-state index contributed by atoms with van der Waals surface area (Å²) in [5.74, 6) is 0.892. The van der Waals surface area contributed by atoms with Crippen LogP contribution in [0.15, 0.2) is 36.7 Å². The van der Waals surface area contributed by atoms with Crippen molar-refractivity contribution in [2.75, 3.05) is 12.4 Å². The molecule has 0 bridgehead atoms. The summed E-state index contributed by atoms with van der Waals surface area (Å²) in [4.78, 5) is 16.1. The van der Waals surface area contributed by atoms with Gasteiger partial charge < -0.3 is 20.4 Å². The highest BCUT2D eigenvalue weighted by Gasteiger charge is 2.10. The fourth-order valence-corrected chi connectivity index (χ4v) is 1.89. The summed E-state index contributed by atoms with van der Waals surface area (Å²) in [7, 11) is 1.57. The van der Waals surface area contributed by atoms with E-state index in [1.807, 2.05) is 0 Å². The Morgan fingerprint density at radius 2 is 2.35 bits per heavy atom. The molecule has 1 aromatic heterocycles. The molecule has 3 N–H and O–H groups in total. The van der Waals surface area contributed by atoms with Gasteiger partial charge in [-0.25, -0.2) is 4.98 Å². The van der Waals surface area contributed by atoms with Gasteiger partial charge in [-0.1, -0.05) is 18.3 Å². The molecule has 0 spiro atoms. The Morgan fingerprint density at radius 1 is 1.55 bits per heavy atom. The van der Waals surface area contributed by atoms with Crippen LogP contribution in [0.5, 0.6) is 5.75 Å². The van der Waals surface area contributed by atoms with Crippen LogP contribution in [-0.2, 0) is 11.3 Å². The maximum absolute atomic E-state index is 12.0. The first kappa shape index (κ1) is 14.0. The Bertz CT molecular complexity index is 639.